The van der Waals surface area contributed by atoms with E-state index in [2.05, 4.69) is 43.1 Å². The van der Waals surface area contributed by atoms with Crippen LogP contribution in [0.2, 0.25) is 0 Å². The Bertz CT molecular complexity index is 369. The van der Waals surface area contributed by atoms with Crippen molar-refractivity contribution in [3.8, 4) is 0 Å². The number of aliphatic hydroxyl groups is 1. The molecule has 0 heterocycles. The van der Waals surface area contributed by atoms with Gasteiger partial charge in [0.25, 0.3) is 0 Å². The SMILES string of the molecule is Cc1ccccc1CCN(C)C1CCC(O)CC1. The van der Waals surface area contributed by atoms with Crippen LogP contribution >= 0.6 is 0 Å². The van der Waals surface area contributed by atoms with Gasteiger partial charge in [-0.05, 0) is 57.2 Å². The molecule has 0 amide bonds. The molecule has 1 fully saturated rings. The lowest BCUT2D eigenvalue weighted by Gasteiger charge is -2.33. The van der Waals surface area contributed by atoms with E-state index in [0.29, 0.717) is 6.04 Å². The Morgan fingerprint density at radius 3 is 2.50 bits per heavy atom. The predicted octanol–water partition coefficient (Wildman–Crippen LogP) is 2.77. The molecule has 0 saturated heterocycles. The van der Waals surface area contributed by atoms with Gasteiger partial charge in [0.2, 0.25) is 0 Å². The Kier molecular flexibility index (Phi) is 4.79. The molecule has 0 unspecified atom stereocenters. The number of aliphatic hydroxyl groups excluding tert-OH is 1. The molecule has 1 aliphatic rings. The van der Waals surface area contributed by atoms with Crippen molar-refractivity contribution in [2.45, 2.75) is 51.2 Å². The first-order valence-electron chi connectivity index (χ1n) is 7.09. The number of rotatable bonds is 4. The highest BCUT2D eigenvalue weighted by Crippen LogP contribution is 2.22. The van der Waals surface area contributed by atoms with E-state index in [9.17, 15) is 5.11 Å². The lowest BCUT2D eigenvalue weighted by molar-refractivity contribution is 0.0847. The van der Waals surface area contributed by atoms with E-state index in [4.69, 9.17) is 0 Å². The summed E-state index contributed by atoms with van der Waals surface area (Å²) in [4.78, 5) is 2.47. The van der Waals surface area contributed by atoms with E-state index in [0.717, 1.165) is 38.6 Å². The molecule has 1 aliphatic carbocycles. The second kappa shape index (κ2) is 6.35. The third-order valence-electron chi connectivity index (χ3n) is 4.28. The van der Waals surface area contributed by atoms with Crippen molar-refractivity contribution in [3.63, 3.8) is 0 Å². The minimum absolute atomic E-state index is 0.0500. The third-order valence-corrected chi connectivity index (χ3v) is 4.28. The van der Waals surface area contributed by atoms with Crippen LogP contribution in [0.15, 0.2) is 24.3 Å². The van der Waals surface area contributed by atoms with E-state index in [-0.39, 0.29) is 6.10 Å². The molecule has 0 aromatic heterocycles. The molecular formula is C16H25NO. The van der Waals surface area contributed by atoms with Crippen molar-refractivity contribution in [2.24, 2.45) is 0 Å². The van der Waals surface area contributed by atoms with Crippen LogP contribution in [0.3, 0.4) is 0 Å². The zero-order chi connectivity index (χ0) is 13.0. The zero-order valence-electron chi connectivity index (χ0n) is 11.6. The first kappa shape index (κ1) is 13.6. The maximum atomic E-state index is 9.53. The summed E-state index contributed by atoms with van der Waals surface area (Å²) in [5.74, 6) is 0. The van der Waals surface area contributed by atoms with Gasteiger partial charge in [-0.15, -0.1) is 0 Å². The number of benzene rings is 1. The van der Waals surface area contributed by atoms with Gasteiger partial charge in [0.05, 0.1) is 6.10 Å². The van der Waals surface area contributed by atoms with Crippen LogP contribution in [0.1, 0.15) is 36.8 Å². The minimum atomic E-state index is -0.0500. The summed E-state index contributed by atoms with van der Waals surface area (Å²) < 4.78 is 0. The van der Waals surface area contributed by atoms with Gasteiger partial charge in [-0.3, -0.25) is 0 Å². The minimum Gasteiger partial charge on any atom is -0.393 e. The Balaban J connectivity index is 1.81. The molecule has 0 atom stereocenters. The monoisotopic (exact) mass is 247 g/mol. The van der Waals surface area contributed by atoms with Crippen molar-refractivity contribution in [1.29, 1.82) is 0 Å². The lowest BCUT2D eigenvalue weighted by atomic mass is 9.92. The van der Waals surface area contributed by atoms with Gasteiger partial charge in [0.1, 0.15) is 0 Å². The summed E-state index contributed by atoms with van der Waals surface area (Å²) in [7, 11) is 2.22. The molecule has 2 nitrogen and oxygen atoms in total. The summed E-state index contributed by atoms with van der Waals surface area (Å²) in [5, 5.41) is 9.53. The predicted molar refractivity (Wildman–Crippen MR) is 75.8 cm³/mol. The van der Waals surface area contributed by atoms with Crippen LogP contribution < -0.4 is 0 Å². The summed E-state index contributed by atoms with van der Waals surface area (Å²) in [5.41, 5.74) is 2.85. The molecule has 1 saturated carbocycles. The Labute approximate surface area is 111 Å². The highest BCUT2D eigenvalue weighted by Gasteiger charge is 2.22. The highest BCUT2D eigenvalue weighted by molar-refractivity contribution is 5.25. The first-order valence-corrected chi connectivity index (χ1v) is 7.09. The van der Waals surface area contributed by atoms with E-state index < -0.39 is 0 Å². The maximum absolute atomic E-state index is 9.53. The topological polar surface area (TPSA) is 23.5 Å². The smallest absolute Gasteiger partial charge is 0.0541 e. The molecule has 1 aromatic rings. The molecule has 1 N–H and O–H groups in total. The Morgan fingerprint density at radius 1 is 1.17 bits per heavy atom. The van der Waals surface area contributed by atoms with Crippen molar-refractivity contribution in [2.75, 3.05) is 13.6 Å². The summed E-state index contributed by atoms with van der Waals surface area (Å²) in [6, 6.07) is 9.31. The average molecular weight is 247 g/mol. The number of aryl methyl sites for hydroxylation is 1. The Hall–Kier alpha value is -0.860. The van der Waals surface area contributed by atoms with E-state index in [1.54, 1.807) is 0 Å². The summed E-state index contributed by atoms with van der Waals surface area (Å²) in [6.07, 6.45) is 5.31. The van der Waals surface area contributed by atoms with Crippen molar-refractivity contribution >= 4 is 0 Å². The van der Waals surface area contributed by atoms with Crippen molar-refractivity contribution in [1.82, 2.24) is 4.90 Å². The second-order valence-corrected chi connectivity index (χ2v) is 5.62. The second-order valence-electron chi connectivity index (χ2n) is 5.62. The molecule has 0 radical (unpaired) electrons. The molecule has 2 heteroatoms. The van der Waals surface area contributed by atoms with Gasteiger partial charge < -0.3 is 10.0 Å². The molecular weight excluding hydrogens is 222 g/mol. The fourth-order valence-electron chi connectivity index (χ4n) is 2.87. The molecule has 0 bridgehead atoms. The van der Waals surface area contributed by atoms with Crippen LogP contribution in [0.4, 0.5) is 0 Å². The standard InChI is InChI=1S/C16H25NO/c1-13-5-3-4-6-14(13)11-12-17(2)15-7-9-16(18)10-8-15/h3-6,15-16,18H,7-12H2,1-2H3. The van der Waals surface area contributed by atoms with Gasteiger partial charge in [-0.25, -0.2) is 0 Å². The molecule has 0 aliphatic heterocycles. The Morgan fingerprint density at radius 2 is 1.83 bits per heavy atom. The fourth-order valence-corrected chi connectivity index (χ4v) is 2.87. The number of nitrogens with zero attached hydrogens (tertiary/aromatic N) is 1. The number of hydrogen-bond donors (Lipinski definition) is 1. The lowest BCUT2D eigenvalue weighted by Crippen LogP contribution is -2.37. The molecule has 2 rings (SSSR count). The third kappa shape index (κ3) is 3.56. The van der Waals surface area contributed by atoms with Crippen molar-refractivity contribution < 1.29 is 5.11 Å². The van der Waals surface area contributed by atoms with Gasteiger partial charge in [-0.2, -0.15) is 0 Å². The number of likely N-dealkylation sites (N-methyl/N-ethyl adjacent to an activating group) is 1. The van der Waals surface area contributed by atoms with E-state index in [1.165, 1.54) is 11.1 Å². The zero-order valence-corrected chi connectivity index (χ0v) is 11.6. The molecule has 0 spiro atoms. The molecule has 100 valence electrons. The largest absolute Gasteiger partial charge is 0.393 e. The summed E-state index contributed by atoms with van der Waals surface area (Å²) >= 11 is 0. The first-order chi connectivity index (χ1) is 8.66. The van der Waals surface area contributed by atoms with Crippen LogP contribution in [-0.4, -0.2) is 35.7 Å². The van der Waals surface area contributed by atoms with E-state index >= 15 is 0 Å². The van der Waals surface area contributed by atoms with Crippen LogP contribution in [0.25, 0.3) is 0 Å². The van der Waals surface area contributed by atoms with Crippen LogP contribution in [0, 0.1) is 6.92 Å². The molecule has 18 heavy (non-hydrogen) atoms. The van der Waals surface area contributed by atoms with E-state index in [1.807, 2.05) is 0 Å². The van der Waals surface area contributed by atoms with Crippen LogP contribution in [0.5, 0.6) is 0 Å². The quantitative estimate of drug-likeness (QED) is 0.884. The normalized spacial score (nSPS) is 24.4. The van der Waals surface area contributed by atoms with Crippen LogP contribution in [-0.2, 0) is 6.42 Å². The highest BCUT2D eigenvalue weighted by atomic mass is 16.3. The van der Waals surface area contributed by atoms with Gasteiger partial charge in [0, 0.05) is 12.6 Å². The summed E-state index contributed by atoms with van der Waals surface area (Å²) in [6.45, 7) is 3.30. The van der Waals surface area contributed by atoms with Gasteiger partial charge in [-0.1, -0.05) is 24.3 Å². The maximum Gasteiger partial charge on any atom is 0.0541 e. The number of hydrogen-bond acceptors (Lipinski definition) is 2. The van der Waals surface area contributed by atoms with Gasteiger partial charge in [0.15, 0.2) is 0 Å². The van der Waals surface area contributed by atoms with Gasteiger partial charge >= 0.3 is 0 Å². The average Bonchev–Trinajstić information content (AvgIpc) is 2.38. The fraction of sp³-hybridized carbons (Fsp3) is 0.625. The van der Waals surface area contributed by atoms with Crippen molar-refractivity contribution in [3.05, 3.63) is 35.4 Å². The molecule has 1 aromatic carbocycles.